The molecule has 2 heterocycles. The first-order chi connectivity index (χ1) is 9.92. The van der Waals surface area contributed by atoms with Crippen LogP contribution < -0.4 is 5.32 Å². The van der Waals surface area contributed by atoms with Gasteiger partial charge in [-0.2, -0.15) is 0 Å². The molecular weight excluding hydrogens is 264 g/mol. The maximum atomic E-state index is 12.1. The molecule has 0 spiro atoms. The van der Waals surface area contributed by atoms with E-state index in [0.717, 1.165) is 49.6 Å². The molecule has 2 aliphatic heterocycles. The van der Waals surface area contributed by atoms with Crippen molar-refractivity contribution in [3.05, 3.63) is 0 Å². The fourth-order valence-electron chi connectivity index (χ4n) is 4.48. The van der Waals surface area contributed by atoms with E-state index in [0.29, 0.717) is 0 Å². The van der Waals surface area contributed by atoms with Gasteiger partial charge in [0, 0.05) is 13.1 Å². The van der Waals surface area contributed by atoms with Gasteiger partial charge < -0.3 is 15.0 Å². The highest BCUT2D eigenvalue weighted by Gasteiger charge is 2.41. The standard InChI is InChI=1S/C17H30N2O2/c1-17(2,3)21-16(20)19-6-4-12(5-7-19)13-8-14-10-18-11-15(14)9-13/h12-15,18H,4-11H2,1-3H3. The molecule has 2 saturated heterocycles. The number of nitrogens with one attached hydrogen (secondary N) is 1. The monoisotopic (exact) mass is 294 g/mol. The van der Waals surface area contributed by atoms with Gasteiger partial charge in [0.05, 0.1) is 0 Å². The molecule has 1 aliphatic carbocycles. The van der Waals surface area contributed by atoms with E-state index in [2.05, 4.69) is 5.32 Å². The van der Waals surface area contributed by atoms with Gasteiger partial charge >= 0.3 is 6.09 Å². The van der Waals surface area contributed by atoms with E-state index >= 15 is 0 Å². The minimum atomic E-state index is -0.385. The lowest BCUT2D eigenvalue weighted by molar-refractivity contribution is 0.0158. The van der Waals surface area contributed by atoms with Crippen LogP contribution in [-0.4, -0.2) is 42.8 Å². The second-order valence-corrected chi connectivity index (χ2v) is 8.21. The van der Waals surface area contributed by atoms with E-state index < -0.39 is 0 Å². The van der Waals surface area contributed by atoms with E-state index in [1.54, 1.807) is 0 Å². The molecule has 0 bridgehead atoms. The van der Waals surface area contributed by atoms with Crippen molar-refractivity contribution in [3.63, 3.8) is 0 Å². The number of piperidine rings is 1. The molecular formula is C17H30N2O2. The summed E-state index contributed by atoms with van der Waals surface area (Å²) in [4.78, 5) is 14.0. The highest BCUT2D eigenvalue weighted by atomic mass is 16.6. The largest absolute Gasteiger partial charge is 0.444 e. The number of hydrogen-bond donors (Lipinski definition) is 1. The lowest BCUT2D eigenvalue weighted by Crippen LogP contribution is -2.42. The van der Waals surface area contributed by atoms with E-state index in [9.17, 15) is 4.79 Å². The normalized spacial score (nSPS) is 34.0. The number of likely N-dealkylation sites (tertiary alicyclic amines) is 1. The van der Waals surface area contributed by atoms with Crippen LogP contribution in [0.25, 0.3) is 0 Å². The Kier molecular flexibility index (Phi) is 4.17. The highest BCUT2D eigenvalue weighted by molar-refractivity contribution is 5.68. The van der Waals surface area contributed by atoms with Gasteiger partial charge in [-0.25, -0.2) is 4.79 Å². The van der Waals surface area contributed by atoms with Crippen molar-refractivity contribution in [2.75, 3.05) is 26.2 Å². The summed E-state index contributed by atoms with van der Waals surface area (Å²) in [6.07, 6.45) is 5.02. The van der Waals surface area contributed by atoms with Gasteiger partial charge in [0.2, 0.25) is 0 Å². The van der Waals surface area contributed by atoms with Gasteiger partial charge in [-0.05, 0) is 83.2 Å². The van der Waals surface area contributed by atoms with Crippen molar-refractivity contribution < 1.29 is 9.53 Å². The third-order valence-corrected chi connectivity index (χ3v) is 5.55. The molecule has 4 nitrogen and oxygen atoms in total. The molecule has 0 aromatic rings. The van der Waals surface area contributed by atoms with Crippen LogP contribution in [0, 0.1) is 23.7 Å². The molecule has 1 N–H and O–H groups in total. The second-order valence-electron chi connectivity index (χ2n) is 8.21. The summed E-state index contributed by atoms with van der Waals surface area (Å²) in [7, 11) is 0. The topological polar surface area (TPSA) is 41.6 Å². The minimum absolute atomic E-state index is 0.131. The van der Waals surface area contributed by atoms with E-state index in [1.807, 2.05) is 25.7 Å². The Labute approximate surface area is 128 Å². The second kappa shape index (κ2) is 5.79. The van der Waals surface area contributed by atoms with E-state index in [-0.39, 0.29) is 11.7 Å². The first kappa shape index (κ1) is 15.1. The average molecular weight is 294 g/mol. The first-order valence-electron chi connectivity index (χ1n) is 8.61. The maximum Gasteiger partial charge on any atom is 0.410 e. The van der Waals surface area contributed by atoms with Crippen LogP contribution in [0.2, 0.25) is 0 Å². The first-order valence-corrected chi connectivity index (χ1v) is 8.61. The summed E-state index contributed by atoms with van der Waals surface area (Å²) in [5, 5.41) is 3.52. The Morgan fingerprint density at radius 2 is 1.57 bits per heavy atom. The van der Waals surface area contributed by atoms with Gasteiger partial charge in [0.15, 0.2) is 0 Å². The molecule has 21 heavy (non-hydrogen) atoms. The number of nitrogens with zero attached hydrogens (tertiary/aromatic N) is 1. The average Bonchev–Trinajstić information content (AvgIpc) is 2.97. The van der Waals surface area contributed by atoms with Gasteiger partial charge in [-0.3, -0.25) is 0 Å². The Morgan fingerprint density at radius 3 is 2.10 bits per heavy atom. The fraction of sp³-hybridized carbons (Fsp3) is 0.941. The molecule has 0 aromatic heterocycles. The smallest absolute Gasteiger partial charge is 0.410 e. The number of carbonyl (C=O) groups is 1. The summed E-state index contributed by atoms with van der Waals surface area (Å²) < 4.78 is 5.48. The van der Waals surface area contributed by atoms with Gasteiger partial charge in [-0.1, -0.05) is 0 Å². The van der Waals surface area contributed by atoms with Crippen LogP contribution >= 0.6 is 0 Å². The number of fused-ring (bicyclic) bond motifs is 1. The molecule has 3 rings (SSSR count). The van der Waals surface area contributed by atoms with E-state index in [1.165, 1.54) is 25.9 Å². The number of hydrogen-bond acceptors (Lipinski definition) is 3. The Bertz CT molecular complexity index is 371. The van der Waals surface area contributed by atoms with Crippen molar-refractivity contribution in [3.8, 4) is 0 Å². The number of ether oxygens (including phenoxy) is 1. The maximum absolute atomic E-state index is 12.1. The summed E-state index contributed by atoms with van der Waals surface area (Å²) in [6, 6.07) is 0. The number of amides is 1. The van der Waals surface area contributed by atoms with Crippen LogP contribution in [0.1, 0.15) is 46.5 Å². The van der Waals surface area contributed by atoms with E-state index in [4.69, 9.17) is 4.74 Å². The molecule has 2 unspecified atom stereocenters. The zero-order chi connectivity index (χ0) is 15.0. The summed E-state index contributed by atoms with van der Waals surface area (Å²) >= 11 is 0. The third kappa shape index (κ3) is 3.53. The summed E-state index contributed by atoms with van der Waals surface area (Å²) in [5.74, 6) is 3.59. The Balaban J connectivity index is 1.46. The lowest BCUT2D eigenvalue weighted by Gasteiger charge is -2.36. The zero-order valence-electron chi connectivity index (χ0n) is 13.7. The van der Waals surface area contributed by atoms with Crippen LogP contribution in [-0.2, 0) is 4.74 Å². The SMILES string of the molecule is CC(C)(C)OC(=O)N1CCC(C2CC3CNCC3C2)CC1. The van der Waals surface area contributed by atoms with Crippen molar-refractivity contribution in [1.82, 2.24) is 10.2 Å². The number of carbonyl (C=O) groups excluding carboxylic acids is 1. The molecule has 3 fully saturated rings. The van der Waals surface area contributed by atoms with Crippen molar-refractivity contribution in [1.29, 1.82) is 0 Å². The lowest BCUT2D eigenvalue weighted by atomic mass is 9.82. The van der Waals surface area contributed by atoms with Gasteiger partial charge in [-0.15, -0.1) is 0 Å². The Hall–Kier alpha value is -0.770. The Morgan fingerprint density at radius 1 is 1.00 bits per heavy atom. The van der Waals surface area contributed by atoms with Gasteiger partial charge in [0.25, 0.3) is 0 Å². The molecule has 1 saturated carbocycles. The molecule has 2 atom stereocenters. The van der Waals surface area contributed by atoms with Crippen molar-refractivity contribution >= 4 is 6.09 Å². The zero-order valence-corrected chi connectivity index (χ0v) is 13.7. The van der Waals surface area contributed by atoms with Crippen LogP contribution in [0.3, 0.4) is 0 Å². The molecule has 3 aliphatic rings. The van der Waals surface area contributed by atoms with Crippen molar-refractivity contribution in [2.24, 2.45) is 23.7 Å². The predicted molar refractivity (Wildman–Crippen MR) is 83.1 cm³/mol. The molecule has 120 valence electrons. The highest BCUT2D eigenvalue weighted by Crippen LogP contribution is 2.44. The molecule has 0 radical (unpaired) electrons. The third-order valence-electron chi connectivity index (χ3n) is 5.55. The molecule has 1 amide bonds. The van der Waals surface area contributed by atoms with Crippen LogP contribution in [0.4, 0.5) is 4.79 Å². The summed E-state index contributed by atoms with van der Waals surface area (Å²) in [5.41, 5.74) is -0.385. The number of rotatable bonds is 1. The van der Waals surface area contributed by atoms with Gasteiger partial charge in [0.1, 0.15) is 5.60 Å². The predicted octanol–water partition coefficient (Wildman–Crippen LogP) is 2.88. The van der Waals surface area contributed by atoms with Crippen LogP contribution in [0.5, 0.6) is 0 Å². The molecule has 4 heteroatoms. The minimum Gasteiger partial charge on any atom is -0.444 e. The van der Waals surface area contributed by atoms with Crippen LogP contribution in [0.15, 0.2) is 0 Å². The summed E-state index contributed by atoms with van der Waals surface area (Å²) in [6.45, 7) is 10.0. The quantitative estimate of drug-likeness (QED) is 0.808. The van der Waals surface area contributed by atoms with Crippen molar-refractivity contribution in [2.45, 2.75) is 52.1 Å². The molecule has 0 aromatic carbocycles. The fourth-order valence-corrected chi connectivity index (χ4v) is 4.48.